The van der Waals surface area contributed by atoms with Crippen molar-refractivity contribution < 1.29 is 23.9 Å². The van der Waals surface area contributed by atoms with Crippen LogP contribution in [0.1, 0.15) is 145 Å². The van der Waals surface area contributed by atoms with Crippen LogP contribution in [0.2, 0.25) is 0 Å². The molecule has 1 spiro atoms. The van der Waals surface area contributed by atoms with E-state index < -0.39 is 10.8 Å². The first-order chi connectivity index (χ1) is 24.2. The molecule has 0 bridgehead atoms. The van der Waals surface area contributed by atoms with Gasteiger partial charge in [0, 0.05) is 37.1 Å². The fourth-order valence-corrected chi connectivity index (χ4v) is 11.6. The van der Waals surface area contributed by atoms with E-state index in [1.807, 2.05) is 6.92 Å². The molecule has 3 aliphatic carbocycles. The van der Waals surface area contributed by atoms with Crippen LogP contribution in [-0.2, 0) is 19.1 Å². The normalized spacial score (nSPS) is 33.9. The number of fused-ring (bicyclic) bond motifs is 1. The predicted molar refractivity (Wildman–Crippen MR) is 204 cm³/mol. The van der Waals surface area contributed by atoms with E-state index in [2.05, 4.69) is 51.7 Å². The lowest BCUT2D eigenvalue weighted by Crippen LogP contribution is -2.67. The van der Waals surface area contributed by atoms with E-state index in [4.69, 9.17) is 16.0 Å². The van der Waals surface area contributed by atoms with Gasteiger partial charge >= 0.3 is 6.03 Å². The summed E-state index contributed by atoms with van der Waals surface area (Å²) in [5, 5.41) is 3.34. The highest BCUT2D eigenvalue weighted by atomic mass is 32.2. The Hall–Kier alpha value is -2.09. The van der Waals surface area contributed by atoms with Gasteiger partial charge in [-0.25, -0.2) is 9.64 Å². The zero-order valence-electron chi connectivity index (χ0n) is 32.9. The first-order valence-electron chi connectivity index (χ1n) is 20.2. The van der Waals surface area contributed by atoms with Crippen molar-refractivity contribution in [2.75, 3.05) is 19.8 Å². The number of carbonyl (C=O) groups excluding carboxylic acids is 3. The van der Waals surface area contributed by atoms with Crippen molar-refractivity contribution in [2.45, 2.75) is 180 Å². The first kappa shape index (κ1) is 40.1. The summed E-state index contributed by atoms with van der Waals surface area (Å²) in [6, 6.07) is -0.504. The quantitative estimate of drug-likeness (QED) is 0.123. The van der Waals surface area contributed by atoms with Crippen LogP contribution in [0.4, 0.5) is 4.79 Å². The lowest BCUT2D eigenvalue weighted by molar-refractivity contribution is -0.148. The third-order valence-electron chi connectivity index (χ3n) is 13.8. The van der Waals surface area contributed by atoms with Gasteiger partial charge in [0.15, 0.2) is 4.87 Å². The summed E-state index contributed by atoms with van der Waals surface area (Å²) >= 11 is 1.52. The highest BCUT2D eigenvalue weighted by Crippen LogP contribution is 2.52. The molecule has 286 valence electrons. The molecule has 9 nitrogen and oxygen atoms in total. The number of urea groups is 1. The van der Waals surface area contributed by atoms with Crippen LogP contribution in [-0.4, -0.2) is 81.8 Å². The number of carbonyl (C=O) groups is 3. The number of rotatable bonds is 12. The summed E-state index contributed by atoms with van der Waals surface area (Å²) in [5.41, 5.74) is 0.824. The molecule has 3 saturated carbocycles. The third kappa shape index (κ3) is 7.92. The number of thioether (sulfide) groups is 1. The predicted octanol–water partition coefficient (Wildman–Crippen LogP) is 8.73. The van der Waals surface area contributed by atoms with Gasteiger partial charge in [0.2, 0.25) is 0 Å². The molecule has 10 heteroatoms. The van der Waals surface area contributed by atoms with Crippen molar-refractivity contribution in [2.24, 2.45) is 22.7 Å². The van der Waals surface area contributed by atoms with Crippen LogP contribution in [0.3, 0.4) is 0 Å². The molecule has 0 aromatic rings. The molecular formula is C41H66N4O5S. The van der Waals surface area contributed by atoms with E-state index in [1.165, 1.54) is 16.7 Å². The van der Waals surface area contributed by atoms with Gasteiger partial charge in [-0.05, 0) is 106 Å². The van der Waals surface area contributed by atoms with Crippen LogP contribution in [0.25, 0.3) is 4.85 Å². The SMILES string of the molecule is [C-]#[N+]C1=C(C)C2(SC3CCCCC3NC(=O)N2C2CCC(OCC)CC2)C(=O)N(CCCOC2CCC(C(C)(C)CC)CC2C(C)(C)CC)C1=O. The Balaban J connectivity index is 1.39. The van der Waals surface area contributed by atoms with Gasteiger partial charge in [0.05, 0.1) is 18.8 Å². The molecule has 1 saturated heterocycles. The summed E-state index contributed by atoms with van der Waals surface area (Å²) in [4.78, 5) is 48.9. The molecule has 0 aromatic heterocycles. The summed E-state index contributed by atoms with van der Waals surface area (Å²) in [6.07, 6.45) is 13.1. The number of hydrogen-bond acceptors (Lipinski definition) is 6. The molecule has 2 aliphatic heterocycles. The second-order valence-corrected chi connectivity index (χ2v) is 18.7. The van der Waals surface area contributed by atoms with Gasteiger partial charge in [-0.1, -0.05) is 67.2 Å². The van der Waals surface area contributed by atoms with Gasteiger partial charge in [-0.2, -0.15) is 0 Å². The van der Waals surface area contributed by atoms with Gasteiger partial charge in [-0.15, -0.1) is 11.8 Å². The Labute approximate surface area is 312 Å². The molecule has 5 rings (SSSR count). The maximum absolute atomic E-state index is 15.1. The minimum absolute atomic E-state index is 0.0170. The summed E-state index contributed by atoms with van der Waals surface area (Å²) in [6.45, 7) is 27.2. The smallest absolute Gasteiger partial charge is 0.319 e. The van der Waals surface area contributed by atoms with Crippen molar-refractivity contribution in [3.63, 3.8) is 0 Å². The standard InChI is InChI=1S/C41H66N4O5S/c1-10-39(5,6)28-18-23-33(31(26-28)40(7,8)11-2)50-25-15-24-44-36(46)35(42-9)27(4)41(37(44)47)45(29-19-21-30(22-20-29)49-12-3)38(48)43-32-16-13-14-17-34(32)51-41/h28-34H,10-26H2,1-8H3,(H,43,48). The summed E-state index contributed by atoms with van der Waals surface area (Å²) in [7, 11) is 0. The van der Waals surface area contributed by atoms with Crippen LogP contribution in [0.5, 0.6) is 0 Å². The van der Waals surface area contributed by atoms with E-state index >= 15 is 4.79 Å². The molecular weight excluding hydrogens is 661 g/mol. The molecule has 2 heterocycles. The van der Waals surface area contributed by atoms with Gasteiger partial charge in [0.25, 0.3) is 17.5 Å². The Bertz CT molecular complexity index is 1350. The average molecular weight is 727 g/mol. The van der Waals surface area contributed by atoms with Crippen LogP contribution >= 0.6 is 11.8 Å². The maximum Gasteiger partial charge on any atom is 0.319 e. The van der Waals surface area contributed by atoms with Crippen LogP contribution in [0.15, 0.2) is 11.3 Å². The number of imide groups is 1. The molecule has 51 heavy (non-hydrogen) atoms. The molecule has 5 aliphatic rings. The van der Waals surface area contributed by atoms with Crippen LogP contribution < -0.4 is 5.32 Å². The minimum Gasteiger partial charge on any atom is -0.379 e. The topological polar surface area (TPSA) is 92.5 Å². The molecule has 6 atom stereocenters. The molecule has 4 fully saturated rings. The van der Waals surface area contributed by atoms with E-state index in [0.29, 0.717) is 55.3 Å². The first-order valence-corrected chi connectivity index (χ1v) is 21.1. The average Bonchev–Trinajstić information content (AvgIpc) is 3.25. The second kappa shape index (κ2) is 16.5. The molecule has 0 radical (unpaired) electrons. The molecule has 1 N–H and O–H groups in total. The number of hydrogen-bond donors (Lipinski definition) is 1. The van der Waals surface area contributed by atoms with E-state index in [0.717, 1.165) is 70.6 Å². The van der Waals surface area contributed by atoms with Gasteiger partial charge < -0.3 is 14.8 Å². The minimum atomic E-state index is -1.45. The Kier molecular flexibility index (Phi) is 13.0. The van der Waals surface area contributed by atoms with E-state index in [9.17, 15) is 9.59 Å². The monoisotopic (exact) mass is 726 g/mol. The lowest BCUT2D eigenvalue weighted by Gasteiger charge is -2.51. The number of amides is 4. The number of nitrogens with zero attached hydrogens (tertiary/aromatic N) is 3. The van der Waals surface area contributed by atoms with Crippen LogP contribution in [0, 0.1) is 29.2 Å². The number of ether oxygens (including phenoxy) is 2. The van der Waals surface area contributed by atoms with Crippen molar-refractivity contribution in [3.05, 3.63) is 22.7 Å². The van der Waals surface area contributed by atoms with E-state index in [-0.39, 0.29) is 59.1 Å². The highest BCUT2D eigenvalue weighted by Gasteiger charge is 2.61. The van der Waals surface area contributed by atoms with Crippen molar-refractivity contribution in [3.8, 4) is 0 Å². The Morgan fingerprint density at radius 3 is 2.25 bits per heavy atom. The Morgan fingerprint density at radius 2 is 1.61 bits per heavy atom. The molecule has 4 amide bonds. The van der Waals surface area contributed by atoms with E-state index in [1.54, 1.807) is 11.8 Å². The summed E-state index contributed by atoms with van der Waals surface area (Å²) < 4.78 is 12.6. The molecule has 0 aromatic carbocycles. The van der Waals surface area contributed by atoms with Crippen molar-refractivity contribution in [1.82, 2.24) is 15.1 Å². The zero-order chi connectivity index (χ0) is 37.1. The maximum atomic E-state index is 15.1. The fourth-order valence-electron chi connectivity index (χ4n) is 9.70. The fraction of sp³-hybridized carbons (Fsp3) is 0.854. The number of nitrogens with one attached hydrogen (secondary N) is 1. The van der Waals surface area contributed by atoms with Crippen molar-refractivity contribution >= 4 is 29.6 Å². The third-order valence-corrected chi connectivity index (χ3v) is 15.7. The largest absolute Gasteiger partial charge is 0.379 e. The lowest BCUT2D eigenvalue weighted by atomic mass is 9.60. The molecule has 6 unspecified atom stereocenters. The summed E-state index contributed by atoms with van der Waals surface area (Å²) in [5.74, 6) is 0.178. The highest BCUT2D eigenvalue weighted by molar-refractivity contribution is 8.02. The second-order valence-electron chi connectivity index (χ2n) is 17.3. The van der Waals surface area contributed by atoms with Gasteiger partial charge in [-0.3, -0.25) is 19.4 Å². The zero-order valence-corrected chi connectivity index (χ0v) is 33.7. The Morgan fingerprint density at radius 1 is 0.922 bits per heavy atom. The van der Waals surface area contributed by atoms with Gasteiger partial charge in [0.1, 0.15) is 0 Å². The van der Waals surface area contributed by atoms with Crippen molar-refractivity contribution in [1.29, 1.82) is 0 Å².